The quantitative estimate of drug-likeness (QED) is 0.672. The van der Waals surface area contributed by atoms with Crippen molar-refractivity contribution in [3.63, 3.8) is 0 Å². The van der Waals surface area contributed by atoms with Crippen molar-refractivity contribution < 1.29 is 19.2 Å². The molecule has 0 aliphatic rings. The number of quaternary nitrogens is 1. The molecule has 1 heterocycles. The Morgan fingerprint density at radius 3 is 2.15 bits per heavy atom. The molecule has 0 fully saturated rings. The van der Waals surface area contributed by atoms with E-state index in [2.05, 4.69) is 4.98 Å². The lowest BCUT2D eigenvalue weighted by Crippen LogP contribution is -3.08. The Balaban J connectivity index is 1.78. The molecule has 0 bridgehead atoms. The molecule has 1 aromatic heterocycles. The van der Waals surface area contributed by atoms with E-state index in [1.807, 2.05) is 24.3 Å². The summed E-state index contributed by atoms with van der Waals surface area (Å²) in [5.74, 6) is -1.54. The van der Waals surface area contributed by atoms with E-state index in [0.29, 0.717) is 24.7 Å². The first kappa shape index (κ1) is 18.5. The van der Waals surface area contributed by atoms with Crippen molar-refractivity contribution in [3.05, 3.63) is 86.6 Å². The van der Waals surface area contributed by atoms with Crippen molar-refractivity contribution in [1.29, 1.82) is 0 Å². The molecular weight excluding hydrogens is 375 g/mol. The van der Waals surface area contributed by atoms with Crippen LogP contribution in [0.5, 0.6) is 0 Å². The smallest absolute Gasteiger partial charge is 0.148 e. The van der Waals surface area contributed by atoms with Crippen LogP contribution in [0.25, 0.3) is 0 Å². The summed E-state index contributed by atoms with van der Waals surface area (Å²) in [6.07, 6.45) is 0. The number of thiazole rings is 1. The predicted molar refractivity (Wildman–Crippen MR) is 96.4 cm³/mol. The number of halogens is 2. The number of nitrogens with one attached hydrogen (secondary N) is 1. The summed E-state index contributed by atoms with van der Waals surface area (Å²) in [5, 5.41) is 13.8. The van der Waals surface area contributed by atoms with E-state index in [9.17, 15) is 14.3 Å². The normalized spacial score (nSPS) is 12.1. The van der Waals surface area contributed by atoms with Crippen LogP contribution in [0.1, 0.15) is 26.6 Å². The fourth-order valence-corrected chi connectivity index (χ4v) is 3.63. The van der Waals surface area contributed by atoms with Gasteiger partial charge >= 0.3 is 0 Å². The lowest BCUT2D eigenvalue weighted by atomic mass is 10.1. The summed E-state index contributed by atoms with van der Waals surface area (Å²) < 4.78 is 13.1. The van der Waals surface area contributed by atoms with Gasteiger partial charge in [0.2, 0.25) is 0 Å². The number of hydrogen-bond donors (Lipinski definition) is 1. The molecule has 3 rings (SSSR count). The number of hydrogen-bond acceptors (Lipinski definition) is 4. The molecule has 134 valence electrons. The largest absolute Gasteiger partial charge is 0.543 e. The highest BCUT2D eigenvalue weighted by atomic mass is 35.5. The summed E-state index contributed by atoms with van der Waals surface area (Å²) in [7, 11) is 0. The van der Waals surface area contributed by atoms with Gasteiger partial charge in [0.05, 0.1) is 11.7 Å². The second-order valence-electron chi connectivity index (χ2n) is 5.95. The van der Waals surface area contributed by atoms with Crippen LogP contribution in [-0.4, -0.2) is 11.0 Å². The summed E-state index contributed by atoms with van der Waals surface area (Å²) in [5.41, 5.74) is 2.05. The third-order valence-electron chi connectivity index (χ3n) is 3.90. The lowest BCUT2D eigenvalue weighted by Gasteiger charge is -2.19. The van der Waals surface area contributed by atoms with Crippen LogP contribution in [0.15, 0.2) is 53.9 Å². The first-order valence-corrected chi connectivity index (χ1v) is 9.23. The molecule has 2 aromatic carbocycles. The van der Waals surface area contributed by atoms with E-state index in [0.717, 1.165) is 21.0 Å². The molecule has 7 heteroatoms. The van der Waals surface area contributed by atoms with E-state index in [-0.39, 0.29) is 11.5 Å². The Labute approximate surface area is 159 Å². The number of carbonyl (C=O) groups is 1. The molecule has 0 aliphatic heterocycles. The Hall–Kier alpha value is -2.28. The summed E-state index contributed by atoms with van der Waals surface area (Å²) in [6.45, 7) is 1.91. The first-order valence-electron chi connectivity index (χ1n) is 7.98. The van der Waals surface area contributed by atoms with Gasteiger partial charge < -0.3 is 14.8 Å². The molecule has 0 spiro atoms. The number of carboxylic acid groups (broad SMARTS) is 1. The summed E-state index contributed by atoms with van der Waals surface area (Å²) in [4.78, 5) is 16.2. The van der Waals surface area contributed by atoms with Gasteiger partial charge in [-0.05, 0) is 24.3 Å². The van der Waals surface area contributed by atoms with Gasteiger partial charge in [-0.1, -0.05) is 35.9 Å². The highest BCUT2D eigenvalue weighted by Gasteiger charge is 2.15. The van der Waals surface area contributed by atoms with Gasteiger partial charge in [-0.2, -0.15) is 0 Å². The molecule has 0 saturated heterocycles. The van der Waals surface area contributed by atoms with Crippen LogP contribution in [0.2, 0.25) is 5.02 Å². The molecule has 1 atom stereocenters. The maximum atomic E-state index is 13.1. The molecule has 0 saturated carbocycles. The highest BCUT2D eigenvalue weighted by Crippen LogP contribution is 2.11. The summed E-state index contributed by atoms with van der Waals surface area (Å²) >= 11 is 7.24. The number of carbonyl (C=O) groups excluding carboxylic acids is 1. The number of nitrogens with zero attached hydrogens (tertiary/aromatic N) is 1. The first-order chi connectivity index (χ1) is 12.5. The Morgan fingerprint density at radius 2 is 1.62 bits per heavy atom. The standard InChI is InChI=1S/C19H16ClFN2O2S/c20-15-5-1-13(2-6-15)9-23(10-14-3-7-16(21)8-4-14)11-18-22-17(12-26-18)19(24)25/h1-8,12H,9-11H2,(H,24,25). The van der Waals surface area contributed by atoms with E-state index >= 15 is 0 Å². The highest BCUT2D eigenvalue weighted by molar-refractivity contribution is 7.09. The second-order valence-corrected chi connectivity index (χ2v) is 7.33. The zero-order valence-electron chi connectivity index (χ0n) is 13.7. The van der Waals surface area contributed by atoms with Crippen LogP contribution in [0, 0.1) is 5.82 Å². The maximum Gasteiger partial charge on any atom is 0.148 e. The van der Waals surface area contributed by atoms with Crippen molar-refractivity contribution >= 4 is 28.9 Å². The molecule has 1 N–H and O–H groups in total. The third kappa shape index (κ3) is 5.11. The Morgan fingerprint density at radius 1 is 1.04 bits per heavy atom. The lowest BCUT2D eigenvalue weighted by molar-refractivity contribution is -0.941. The van der Waals surface area contributed by atoms with Crippen molar-refractivity contribution in [2.24, 2.45) is 0 Å². The molecule has 0 amide bonds. The summed E-state index contributed by atoms with van der Waals surface area (Å²) in [6, 6.07) is 14.0. The molecule has 0 aliphatic carbocycles. The number of aromatic nitrogens is 1. The average molecular weight is 391 g/mol. The molecule has 4 nitrogen and oxygen atoms in total. The average Bonchev–Trinajstić information content (AvgIpc) is 3.08. The SMILES string of the molecule is O=C([O-])c1csc(C[NH+](Cc2ccc(F)cc2)Cc2ccc(Cl)cc2)n1. The van der Waals surface area contributed by atoms with E-state index < -0.39 is 5.97 Å². The van der Waals surface area contributed by atoms with Crippen LogP contribution >= 0.6 is 22.9 Å². The Kier molecular flexibility index (Phi) is 5.98. The third-order valence-corrected chi connectivity index (χ3v) is 5.00. The van der Waals surface area contributed by atoms with Crippen LogP contribution in [0.3, 0.4) is 0 Å². The molecule has 3 aromatic rings. The van der Waals surface area contributed by atoms with Gasteiger partial charge in [0.1, 0.15) is 30.5 Å². The fraction of sp³-hybridized carbons (Fsp3) is 0.158. The topological polar surface area (TPSA) is 57.5 Å². The number of benzene rings is 2. The van der Waals surface area contributed by atoms with Gasteiger partial charge in [0, 0.05) is 21.5 Å². The number of rotatable bonds is 7. The van der Waals surface area contributed by atoms with Gasteiger partial charge in [-0.3, -0.25) is 0 Å². The zero-order chi connectivity index (χ0) is 18.5. The monoisotopic (exact) mass is 390 g/mol. The minimum Gasteiger partial charge on any atom is -0.543 e. The van der Waals surface area contributed by atoms with Gasteiger partial charge in [-0.25, -0.2) is 9.37 Å². The molecule has 0 radical (unpaired) electrons. The minimum atomic E-state index is -1.27. The van der Waals surface area contributed by atoms with Crippen LogP contribution in [-0.2, 0) is 19.6 Å². The van der Waals surface area contributed by atoms with Crippen molar-refractivity contribution in [2.75, 3.05) is 0 Å². The number of carboxylic acids is 1. The Bertz CT molecular complexity index is 834. The molecular formula is C19H16ClFN2O2S. The van der Waals surface area contributed by atoms with Gasteiger partial charge in [0.25, 0.3) is 0 Å². The van der Waals surface area contributed by atoms with Crippen LogP contribution < -0.4 is 10.0 Å². The van der Waals surface area contributed by atoms with Gasteiger partial charge in [0.15, 0.2) is 0 Å². The maximum absolute atomic E-state index is 13.1. The predicted octanol–water partition coefficient (Wildman–Crippen LogP) is 2.08. The van der Waals surface area contributed by atoms with Crippen molar-refractivity contribution in [2.45, 2.75) is 19.6 Å². The van der Waals surface area contributed by atoms with Gasteiger partial charge in [-0.15, -0.1) is 11.3 Å². The van der Waals surface area contributed by atoms with E-state index in [4.69, 9.17) is 11.6 Å². The van der Waals surface area contributed by atoms with Crippen molar-refractivity contribution in [1.82, 2.24) is 4.98 Å². The molecule has 1 unspecified atom stereocenters. The van der Waals surface area contributed by atoms with Crippen molar-refractivity contribution in [3.8, 4) is 0 Å². The van der Waals surface area contributed by atoms with Crippen LogP contribution in [0.4, 0.5) is 4.39 Å². The second kappa shape index (κ2) is 8.40. The zero-order valence-corrected chi connectivity index (χ0v) is 15.3. The van der Waals surface area contributed by atoms with E-state index in [1.165, 1.54) is 28.8 Å². The number of aromatic carboxylic acids is 1. The fourth-order valence-electron chi connectivity index (χ4n) is 2.67. The van der Waals surface area contributed by atoms with E-state index in [1.54, 1.807) is 12.1 Å². The molecule has 26 heavy (non-hydrogen) atoms. The minimum absolute atomic E-state index is 0.0439.